The number of benzene rings is 2. The summed E-state index contributed by atoms with van der Waals surface area (Å²) in [6.07, 6.45) is 0. The maximum atomic E-state index is 12.7. The van der Waals surface area contributed by atoms with Crippen LogP contribution in [0.25, 0.3) is 0 Å². The zero-order chi connectivity index (χ0) is 22.9. The van der Waals surface area contributed by atoms with Gasteiger partial charge in [-0.25, -0.2) is 0 Å². The highest BCUT2D eigenvalue weighted by Crippen LogP contribution is 2.39. The molecule has 3 N–H and O–H groups in total. The number of aromatic hydroxyl groups is 1. The third kappa shape index (κ3) is 5.14. The zero-order valence-corrected chi connectivity index (χ0v) is 18.0. The third-order valence-corrected chi connectivity index (χ3v) is 4.62. The number of phenolic OH excluding ortho intramolecular Hbond substituents is 1. The van der Waals surface area contributed by atoms with Crippen LogP contribution in [0.2, 0.25) is 0 Å². The van der Waals surface area contributed by atoms with Gasteiger partial charge in [-0.15, -0.1) is 0 Å². The van der Waals surface area contributed by atoms with Gasteiger partial charge in [0.15, 0.2) is 0 Å². The number of carbonyl (C=O) groups is 2. The van der Waals surface area contributed by atoms with Crippen LogP contribution in [0.3, 0.4) is 0 Å². The minimum absolute atomic E-state index is 0.135. The van der Waals surface area contributed by atoms with E-state index >= 15 is 0 Å². The molecule has 0 radical (unpaired) electrons. The van der Waals surface area contributed by atoms with Gasteiger partial charge in [-0.05, 0) is 35.1 Å². The minimum atomic E-state index is -0.607. The van der Waals surface area contributed by atoms with Crippen LogP contribution < -0.4 is 10.9 Å². The summed E-state index contributed by atoms with van der Waals surface area (Å²) in [5, 5.41) is 21.4. The van der Waals surface area contributed by atoms with E-state index in [0.717, 1.165) is 0 Å². The lowest BCUT2D eigenvalue weighted by Gasteiger charge is -2.28. The fourth-order valence-corrected chi connectivity index (χ4v) is 2.90. The summed E-state index contributed by atoms with van der Waals surface area (Å²) in [6.45, 7) is 11.6. The second-order valence-corrected chi connectivity index (χ2v) is 9.13. The number of hydrogen-bond donors (Lipinski definition) is 3. The molecule has 0 aliphatic rings. The van der Waals surface area contributed by atoms with E-state index in [2.05, 4.69) is 10.9 Å². The first-order valence-corrected chi connectivity index (χ1v) is 9.45. The van der Waals surface area contributed by atoms with Crippen molar-refractivity contribution in [2.75, 3.05) is 0 Å². The summed E-state index contributed by atoms with van der Waals surface area (Å²) in [7, 11) is 0. The van der Waals surface area contributed by atoms with E-state index in [4.69, 9.17) is 0 Å². The number of nitrogens with one attached hydrogen (secondary N) is 2. The quantitative estimate of drug-likeness (QED) is 0.519. The number of rotatable bonds is 3. The Morgan fingerprint density at radius 1 is 0.833 bits per heavy atom. The summed E-state index contributed by atoms with van der Waals surface area (Å²) in [5.41, 5.74) is 5.44. The molecule has 0 heterocycles. The minimum Gasteiger partial charge on any atom is -0.507 e. The number of carbonyl (C=O) groups excluding carboxylic acids is 2. The summed E-state index contributed by atoms with van der Waals surface area (Å²) in [6, 6.07) is 8.24. The molecule has 0 aromatic heterocycles. The molecule has 8 nitrogen and oxygen atoms in total. The Morgan fingerprint density at radius 3 is 1.60 bits per heavy atom. The van der Waals surface area contributed by atoms with Crippen molar-refractivity contribution in [1.82, 2.24) is 10.9 Å². The number of hydrogen-bond acceptors (Lipinski definition) is 5. The molecule has 0 aliphatic carbocycles. The molecule has 0 aliphatic heterocycles. The fourth-order valence-electron chi connectivity index (χ4n) is 2.90. The van der Waals surface area contributed by atoms with Crippen molar-refractivity contribution >= 4 is 17.5 Å². The molecule has 30 heavy (non-hydrogen) atoms. The third-order valence-electron chi connectivity index (χ3n) is 4.62. The number of non-ortho nitro benzene ring substituents is 1. The molecule has 0 spiro atoms. The Kier molecular flexibility index (Phi) is 6.20. The zero-order valence-electron chi connectivity index (χ0n) is 18.0. The molecule has 8 heteroatoms. The number of hydrazine groups is 1. The van der Waals surface area contributed by atoms with Crippen molar-refractivity contribution in [3.8, 4) is 5.75 Å². The highest BCUT2D eigenvalue weighted by Gasteiger charge is 2.28. The average Bonchev–Trinajstić information content (AvgIpc) is 2.64. The molecule has 2 aromatic rings. The van der Waals surface area contributed by atoms with Crippen LogP contribution in [-0.4, -0.2) is 21.8 Å². The van der Waals surface area contributed by atoms with E-state index in [0.29, 0.717) is 16.7 Å². The second kappa shape index (κ2) is 8.14. The largest absolute Gasteiger partial charge is 0.507 e. The molecule has 0 atom stereocenters. The molecule has 0 saturated heterocycles. The molecule has 2 amide bonds. The van der Waals surface area contributed by atoms with Gasteiger partial charge in [0.1, 0.15) is 5.75 Å². The average molecular weight is 413 g/mol. The number of phenols is 1. The van der Waals surface area contributed by atoms with E-state index in [9.17, 15) is 24.8 Å². The Morgan fingerprint density at radius 2 is 1.23 bits per heavy atom. The van der Waals surface area contributed by atoms with Gasteiger partial charge < -0.3 is 5.11 Å². The van der Waals surface area contributed by atoms with E-state index in [1.54, 1.807) is 12.1 Å². The summed E-state index contributed by atoms with van der Waals surface area (Å²) < 4.78 is 0. The highest BCUT2D eigenvalue weighted by molar-refractivity contribution is 5.99. The van der Waals surface area contributed by atoms with E-state index in [-0.39, 0.29) is 17.0 Å². The molecule has 0 unspecified atom stereocenters. The van der Waals surface area contributed by atoms with Crippen LogP contribution in [0.1, 0.15) is 73.4 Å². The molecular formula is C22H27N3O5. The Hall–Kier alpha value is -3.42. The lowest BCUT2D eigenvalue weighted by atomic mass is 9.78. The molecular weight excluding hydrogens is 386 g/mol. The second-order valence-electron chi connectivity index (χ2n) is 9.13. The standard InChI is InChI=1S/C22H27N3O5/c1-21(2,3)16-11-14(12-17(18(16)26)22(4,5)6)20(28)24-23-19(27)13-7-9-15(10-8-13)25(29)30/h7-12,26H,1-6H3,(H,23,27)(H,24,28). The number of nitrogens with zero attached hydrogens (tertiary/aromatic N) is 1. The smallest absolute Gasteiger partial charge is 0.269 e. The van der Waals surface area contributed by atoms with Crippen LogP contribution in [0.4, 0.5) is 5.69 Å². The lowest BCUT2D eigenvalue weighted by Crippen LogP contribution is -2.41. The fraction of sp³-hybridized carbons (Fsp3) is 0.364. The van der Waals surface area contributed by atoms with Gasteiger partial charge in [0.05, 0.1) is 4.92 Å². The summed E-state index contributed by atoms with van der Waals surface area (Å²) >= 11 is 0. The SMILES string of the molecule is CC(C)(C)c1cc(C(=O)NNC(=O)c2ccc([N+](=O)[O-])cc2)cc(C(C)(C)C)c1O. The number of nitro benzene ring substituents is 1. The number of amides is 2. The first kappa shape index (κ1) is 22.9. The predicted molar refractivity (Wildman–Crippen MR) is 114 cm³/mol. The molecule has 2 aromatic carbocycles. The molecule has 0 bridgehead atoms. The van der Waals surface area contributed by atoms with Crippen molar-refractivity contribution < 1.29 is 19.6 Å². The molecule has 0 fully saturated rings. The van der Waals surface area contributed by atoms with Crippen molar-refractivity contribution in [2.24, 2.45) is 0 Å². The number of nitro groups is 1. The lowest BCUT2D eigenvalue weighted by molar-refractivity contribution is -0.384. The van der Waals surface area contributed by atoms with Crippen LogP contribution in [0.15, 0.2) is 36.4 Å². The first-order valence-electron chi connectivity index (χ1n) is 9.45. The summed E-state index contributed by atoms with van der Waals surface area (Å²) in [5.74, 6) is -0.994. The van der Waals surface area contributed by atoms with Gasteiger partial charge in [0.2, 0.25) is 0 Å². The van der Waals surface area contributed by atoms with Crippen LogP contribution in [0, 0.1) is 10.1 Å². The van der Waals surface area contributed by atoms with Gasteiger partial charge >= 0.3 is 0 Å². The Balaban J connectivity index is 2.26. The van der Waals surface area contributed by atoms with E-state index in [1.807, 2.05) is 41.5 Å². The van der Waals surface area contributed by atoms with Gasteiger partial charge in [0, 0.05) is 34.4 Å². The summed E-state index contributed by atoms with van der Waals surface area (Å²) in [4.78, 5) is 35.1. The van der Waals surface area contributed by atoms with Crippen molar-refractivity contribution in [2.45, 2.75) is 52.4 Å². The Labute approximate surface area is 175 Å². The van der Waals surface area contributed by atoms with Crippen LogP contribution >= 0.6 is 0 Å². The predicted octanol–water partition coefficient (Wildman–Crippen LogP) is 3.97. The highest BCUT2D eigenvalue weighted by atomic mass is 16.6. The monoisotopic (exact) mass is 413 g/mol. The normalized spacial score (nSPS) is 11.7. The van der Waals surface area contributed by atoms with Gasteiger partial charge in [-0.1, -0.05) is 41.5 Å². The van der Waals surface area contributed by atoms with Gasteiger partial charge in [-0.3, -0.25) is 30.6 Å². The molecule has 160 valence electrons. The first-order chi connectivity index (χ1) is 13.7. The van der Waals surface area contributed by atoms with E-state index < -0.39 is 27.6 Å². The topological polar surface area (TPSA) is 122 Å². The molecule has 2 rings (SSSR count). The van der Waals surface area contributed by atoms with Gasteiger partial charge in [0.25, 0.3) is 17.5 Å². The van der Waals surface area contributed by atoms with Gasteiger partial charge in [-0.2, -0.15) is 0 Å². The molecule has 0 saturated carbocycles. The van der Waals surface area contributed by atoms with Crippen molar-refractivity contribution in [3.05, 3.63) is 68.8 Å². The Bertz CT molecular complexity index is 948. The maximum Gasteiger partial charge on any atom is 0.269 e. The maximum absolute atomic E-state index is 12.7. The van der Waals surface area contributed by atoms with Crippen molar-refractivity contribution in [1.29, 1.82) is 0 Å². The van der Waals surface area contributed by atoms with Crippen molar-refractivity contribution in [3.63, 3.8) is 0 Å². The van der Waals surface area contributed by atoms with Crippen LogP contribution in [0.5, 0.6) is 5.75 Å². The van der Waals surface area contributed by atoms with E-state index in [1.165, 1.54) is 24.3 Å². The van der Waals surface area contributed by atoms with Crippen LogP contribution in [-0.2, 0) is 10.8 Å².